The first-order chi connectivity index (χ1) is 16.8. The van der Waals surface area contributed by atoms with Crippen LogP contribution in [0.1, 0.15) is 35.4 Å². The van der Waals surface area contributed by atoms with Gasteiger partial charge < -0.3 is 14.2 Å². The van der Waals surface area contributed by atoms with Crippen LogP contribution in [0.4, 0.5) is 5.69 Å². The second kappa shape index (κ2) is 10.1. The van der Waals surface area contributed by atoms with E-state index in [9.17, 15) is 14.9 Å². The fourth-order valence-corrected chi connectivity index (χ4v) is 4.07. The third-order valence-electron chi connectivity index (χ3n) is 5.39. The Balaban J connectivity index is 1.58. The molecule has 0 saturated carbocycles. The van der Waals surface area contributed by atoms with Gasteiger partial charge in [0.05, 0.1) is 12.0 Å². The van der Waals surface area contributed by atoms with E-state index in [4.69, 9.17) is 14.2 Å². The molecule has 0 unspecified atom stereocenters. The van der Waals surface area contributed by atoms with E-state index in [0.717, 1.165) is 10.0 Å². The summed E-state index contributed by atoms with van der Waals surface area (Å²) < 4.78 is 18.3. The van der Waals surface area contributed by atoms with E-state index in [2.05, 4.69) is 21.0 Å². The number of rotatable bonds is 7. The average molecular weight is 540 g/mol. The summed E-state index contributed by atoms with van der Waals surface area (Å²) in [6.07, 6.45) is -0.757. The van der Waals surface area contributed by atoms with E-state index in [1.807, 2.05) is 30.3 Å². The van der Waals surface area contributed by atoms with Crippen LogP contribution in [0.2, 0.25) is 0 Å². The Morgan fingerprint density at radius 1 is 1.20 bits per heavy atom. The Hall–Kier alpha value is -3.92. The third-order valence-corrected chi connectivity index (χ3v) is 5.88. The second-order valence-electron chi connectivity index (χ2n) is 7.81. The van der Waals surface area contributed by atoms with Crippen LogP contribution >= 0.6 is 15.9 Å². The van der Waals surface area contributed by atoms with Crippen LogP contribution in [0.3, 0.4) is 0 Å². The number of aryl methyl sites for hydroxylation is 1. The summed E-state index contributed by atoms with van der Waals surface area (Å²) in [4.78, 5) is 23.0. The second-order valence-corrected chi connectivity index (χ2v) is 8.73. The van der Waals surface area contributed by atoms with Gasteiger partial charge in [0.25, 0.3) is 5.69 Å². The summed E-state index contributed by atoms with van der Waals surface area (Å²) in [5.74, 6) is 1.15. The van der Waals surface area contributed by atoms with Gasteiger partial charge in [-0.2, -0.15) is 5.01 Å². The van der Waals surface area contributed by atoms with E-state index in [1.165, 1.54) is 18.0 Å². The highest BCUT2D eigenvalue weighted by Crippen LogP contribution is 2.34. The molecule has 1 atom stereocenters. The smallest absolute Gasteiger partial charge is 0.272 e. The van der Waals surface area contributed by atoms with Gasteiger partial charge in [0.15, 0.2) is 0 Å². The van der Waals surface area contributed by atoms with Gasteiger partial charge in [-0.1, -0.05) is 22.0 Å². The predicted molar refractivity (Wildman–Crippen MR) is 132 cm³/mol. The molecule has 3 aromatic carbocycles. The number of nitro benzene ring substituents is 1. The maximum Gasteiger partial charge on any atom is 0.272 e. The molecule has 10 heteroatoms. The molecular formula is C25H22BrN3O6. The van der Waals surface area contributed by atoms with Crippen LogP contribution in [-0.4, -0.2) is 28.8 Å². The molecule has 1 aliphatic rings. The van der Waals surface area contributed by atoms with Crippen molar-refractivity contribution in [2.75, 3.05) is 7.11 Å². The Labute approximate surface area is 210 Å². The van der Waals surface area contributed by atoms with Crippen LogP contribution < -0.4 is 9.47 Å². The number of ether oxygens (including phenoxy) is 3. The number of carbonyl (C=O) groups excluding carboxylic acids is 1. The highest BCUT2D eigenvalue weighted by Gasteiger charge is 2.33. The Morgan fingerprint density at radius 2 is 2.00 bits per heavy atom. The largest absolute Gasteiger partial charge is 0.496 e. The van der Waals surface area contributed by atoms with E-state index in [1.54, 1.807) is 38.3 Å². The Morgan fingerprint density at radius 3 is 2.66 bits per heavy atom. The summed E-state index contributed by atoms with van der Waals surface area (Å²) in [5.41, 5.74) is 2.67. The molecule has 0 bridgehead atoms. The first kappa shape index (κ1) is 24.2. The molecular weight excluding hydrogens is 518 g/mol. The fraction of sp³-hybridized carbons (Fsp3) is 0.200. The van der Waals surface area contributed by atoms with Crippen LogP contribution in [0, 0.1) is 17.0 Å². The van der Waals surface area contributed by atoms with E-state index in [0.29, 0.717) is 34.1 Å². The highest BCUT2D eigenvalue weighted by molar-refractivity contribution is 9.10. The van der Waals surface area contributed by atoms with Crippen LogP contribution in [0.25, 0.3) is 0 Å². The molecule has 0 fully saturated rings. The monoisotopic (exact) mass is 539 g/mol. The lowest BCUT2D eigenvalue weighted by Gasteiger charge is -2.21. The fourth-order valence-electron chi connectivity index (χ4n) is 3.67. The Bertz CT molecular complexity index is 1330. The van der Waals surface area contributed by atoms with Gasteiger partial charge in [-0.3, -0.25) is 14.9 Å². The third kappa shape index (κ3) is 5.27. The van der Waals surface area contributed by atoms with Crippen LogP contribution in [-0.2, 0) is 16.1 Å². The van der Waals surface area contributed by atoms with Gasteiger partial charge in [-0.15, -0.1) is 5.10 Å². The van der Waals surface area contributed by atoms with Crippen molar-refractivity contribution in [3.05, 3.63) is 97.5 Å². The van der Waals surface area contributed by atoms with Gasteiger partial charge in [0.2, 0.25) is 18.0 Å². The maximum absolute atomic E-state index is 12.3. The zero-order chi connectivity index (χ0) is 25.1. The summed E-state index contributed by atoms with van der Waals surface area (Å²) in [5, 5.41) is 16.7. The number of hydrazone groups is 1. The lowest BCUT2D eigenvalue weighted by molar-refractivity contribution is -0.385. The first-order valence-electron chi connectivity index (χ1n) is 10.6. The van der Waals surface area contributed by atoms with Crippen molar-refractivity contribution in [3.63, 3.8) is 0 Å². The molecule has 35 heavy (non-hydrogen) atoms. The van der Waals surface area contributed by atoms with Crippen molar-refractivity contribution >= 4 is 33.4 Å². The molecule has 180 valence electrons. The van der Waals surface area contributed by atoms with Gasteiger partial charge >= 0.3 is 0 Å². The predicted octanol–water partition coefficient (Wildman–Crippen LogP) is 5.49. The van der Waals surface area contributed by atoms with Crippen LogP contribution in [0.5, 0.6) is 11.5 Å². The van der Waals surface area contributed by atoms with E-state index < -0.39 is 11.2 Å². The number of hydrogen-bond acceptors (Lipinski definition) is 7. The quantitative estimate of drug-likeness (QED) is 0.290. The first-order valence-corrected chi connectivity index (χ1v) is 11.4. The number of nitro groups is 1. The molecule has 0 radical (unpaired) electrons. The van der Waals surface area contributed by atoms with Crippen LogP contribution in [0.15, 0.2) is 70.2 Å². The molecule has 0 spiro atoms. The number of hydrogen-bond donors (Lipinski definition) is 0. The van der Waals surface area contributed by atoms with Crippen molar-refractivity contribution in [1.29, 1.82) is 0 Å². The van der Waals surface area contributed by atoms with Gasteiger partial charge in [0.1, 0.15) is 18.1 Å². The number of benzene rings is 3. The molecule has 3 aromatic rings. The zero-order valence-corrected chi connectivity index (χ0v) is 20.8. The molecule has 0 N–H and O–H groups in total. The molecule has 0 aliphatic carbocycles. The topological polar surface area (TPSA) is 104 Å². The molecule has 4 rings (SSSR count). The Kier molecular flexibility index (Phi) is 7.02. The minimum absolute atomic E-state index is 0.0286. The van der Waals surface area contributed by atoms with Crippen molar-refractivity contribution in [2.45, 2.75) is 26.7 Å². The average Bonchev–Trinajstić information content (AvgIpc) is 3.28. The molecule has 0 aromatic heterocycles. The zero-order valence-electron chi connectivity index (χ0n) is 19.2. The van der Waals surface area contributed by atoms with Gasteiger partial charge in [0, 0.05) is 39.7 Å². The van der Waals surface area contributed by atoms with Crippen molar-refractivity contribution in [3.8, 4) is 11.5 Å². The van der Waals surface area contributed by atoms with Crippen molar-refractivity contribution in [1.82, 2.24) is 5.01 Å². The molecule has 1 aliphatic heterocycles. The maximum atomic E-state index is 12.3. The lowest BCUT2D eigenvalue weighted by Crippen LogP contribution is -2.25. The molecule has 0 saturated heterocycles. The highest BCUT2D eigenvalue weighted by atomic mass is 79.9. The number of nitrogens with zero attached hydrogens (tertiary/aromatic N) is 3. The molecule has 9 nitrogen and oxygen atoms in total. The van der Waals surface area contributed by atoms with Crippen molar-refractivity contribution in [2.24, 2.45) is 5.10 Å². The number of halogens is 1. The molecule has 1 heterocycles. The lowest BCUT2D eigenvalue weighted by atomic mass is 10.1. The standard InChI is InChI=1S/C25H22BrN3O6/c1-15-11-21(8-9-22(15)29(31)32)34-14-19-12-18(7-10-23(19)33-3)25-28(16(2)30)27-24(35-25)17-5-4-6-20(26)13-17/h4-13,25H,14H2,1-3H3/t25-/m1/s1. The number of methoxy groups -OCH3 is 1. The SMILES string of the molecule is COc1ccc([C@H]2OC(c3cccc(Br)c3)=NN2C(C)=O)cc1COc1ccc([N+](=O)[O-])c(C)c1. The van der Waals surface area contributed by atoms with Gasteiger partial charge in [-0.05, 0) is 55.5 Å². The summed E-state index contributed by atoms with van der Waals surface area (Å²) in [6, 6.07) is 17.4. The minimum atomic E-state index is -0.757. The van der Waals surface area contributed by atoms with E-state index >= 15 is 0 Å². The summed E-state index contributed by atoms with van der Waals surface area (Å²) >= 11 is 3.44. The summed E-state index contributed by atoms with van der Waals surface area (Å²) in [6.45, 7) is 3.22. The van der Waals surface area contributed by atoms with Gasteiger partial charge in [-0.25, -0.2) is 0 Å². The minimum Gasteiger partial charge on any atom is -0.496 e. The summed E-state index contributed by atoms with van der Waals surface area (Å²) in [7, 11) is 1.55. The number of amides is 1. The number of carbonyl (C=O) groups is 1. The van der Waals surface area contributed by atoms with E-state index in [-0.39, 0.29) is 18.2 Å². The molecule has 1 amide bonds. The normalized spacial score (nSPS) is 14.8. The van der Waals surface area contributed by atoms with Crippen molar-refractivity contribution < 1.29 is 23.9 Å².